The Morgan fingerprint density at radius 2 is 2.00 bits per heavy atom. The summed E-state index contributed by atoms with van der Waals surface area (Å²) in [7, 11) is 0. The highest BCUT2D eigenvalue weighted by Gasteiger charge is 2.10. The van der Waals surface area contributed by atoms with Crippen LogP contribution in [0.3, 0.4) is 0 Å². The molecule has 1 unspecified atom stereocenters. The van der Waals surface area contributed by atoms with E-state index in [1.807, 2.05) is 30.5 Å². The Morgan fingerprint density at radius 3 is 2.43 bits per heavy atom. The number of aliphatic carboxylic acids is 1. The molecule has 3 heteroatoms. The second-order valence-corrected chi connectivity index (χ2v) is 4.17. The van der Waals surface area contributed by atoms with Crippen LogP contribution in [0.1, 0.15) is 12.5 Å². The van der Waals surface area contributed by atoms with Crippen molar-refractivity contribution in [2.75, 3.05) is 6.26 Å². The average molecular weight is 210 g/mol. The first kappa shape index (κ1) is 11.1. The van der Waals surface area contributed by atoms with Gasteiger partial charge in [0.15, 0.2) is 0 Å². The van der Waals surface area contributed by atoms with E-state index in [9.17, 15) is 4.79 Å². The van der Waals surface area contributed by atoms with Crippen molar-refractivity contribution in [3.05, 3.63) is 29.8 Å². The van der Waals surface area contributed by atoms with Crippen LogP contribution in [-0.4, -0.2) is 17.3 Å². The fourth-order valence-electron chi connectivity index (χ4n) is 1.20. The molecule has 0 bridgehead atoms. The summed E-state index contributed by atoms with van der Waals surface area (Å²) in [5, 5.41) is 8.74. The van der Waals surface area contributed by atoms with Gasteiger partial charge in [-0.3, -0.25) is 4.79 Å². The minimum absolute atomic E-state index is 0.310. The quantitative estimate of drug-likeness (QED) is 0.776. The predicted octanol–water partition coefficient (Wildman–Crippen LogP) is 2.67. The second-order valence-electron chi connectivity index (χ2n) is 3.29. The molecule has 1 rings (SSSR count). The van der Waals surface area contributed by atoms with Gasteiger partial charge in [0.1, 0.15) is 0 Å². The number of thioether (sulfide) groups is 1. The molecule has 0 radical (unpaired) electrons. The normalized spacial score (nSPS) is 12.4. The zero-order valence-corrected chi connectivity index (χ0v) is 9.17. The van der Waals surface area contributed by atoms with Crippen LogP contribution in [0.2, 0.25) is 0 Å². The molecule has 0 fully saturated rings. The van der Waals surface area contributed by atoms with Gasteiger partial charge >= 0.3 is 5.97 Å². The van der Waals surface area contributed by atoms with Crippen molar-refractivity contribution in [1.82, 2.24) is 0 Å². The third-order valence-electron chi connectivity index (χ3n) is 2.12. The second kappa shape index (κ2) is 5.05. The molecule has 1 aromatic carbocycles. The van der Waals surface area contributed by atoms with Crippen molar-refractivity contribution < 1.29 is 9.90 Å². The van der Waals surface area contributed by atoms with Gasteiger partial charge in [0.25, 0.3) is 0 Å². The Balaban J connectivity index is 2.64. The number of carboxylic acid groups (broad SMARTS) is 1. The largest absolute Gasteiger partial charge is 0.481 e. The van der Waals surface area contributed by atoms with E-state index in [2.05, 4.69) is 0 Å². The highest BCUT2D eigenvalue weighted by Crippen LogP contribution is 2.16. The highest BCUT2D eigenvalue weighted by atomic mass is 32.2. The van der Waals surface area contributed by atoms with Crippen LogP contribution in [0.25, 0.3) is 0 Å². The zero-order chi connectivity index (χ0) is 10.6. The van der Waals surface area contributed by atoms with Crippen LogP contribution in [0.15, 0.2) is 29.2 Å². The summed E-state index contributed by atoms with van der Waals surface area (Å²) in [5.74, 6) is -1.05. The maximum Gasteiger partial charge on any atom is 0.306 e. The van der Waals surface area contributed by atoms with Crippen molar-refractivity contribution in [3.8, 4) is 0 Å². The summed E-state index contributed by atoms with van der Waals surface area (Å²) >= 11 is 1.69. The van der Waals surface area contributed by atoms with Crippen LogP contribution in [0, 0.1) is 5.92 Å². The van der Waals surface area contributed by atoms with E-state index in [1.54, 1.807) is 18.7 Å². The van der Waals surface area contributed by atoms with E-state index in [1.165, 1.54) is 4.90 Å². The molecular weight excluding hydrogens is 196 g/mol. The Labute approximate surface area is 88.3 Å². The van der Waals surface area contributed by atoms with E-state index >= 15 is 0 Å². The van der Waals surface area contributed by atoms with E-state index < -0.39 is 5.97 Å². The first-order valence-corrected chi connectivity index (χ1v) is 5.71. The van der Waals surface area contributed by atoms with Gasteiger partial charge in [-0.1, -0.05) is 19.1 Å². The van der Waals surface area contributed by atoms with Gasteiger partial charge in [0.05, 0.1) is 5.92 Å². The van der Waals surface area contributed by atoms with Crippen molar-refractivity contribution in [2.24, 2.45) is 5.92 Å². The lowest BCUT2D eigenvalue weighted by molar-refractivity contribution is -0.141. The highest BCUT2D eigenvalue weighted by molar-refractivity contribution is 7.98. The molecule has 76 valence electrons. The topological polar surface area (TPSA) is 37.3 Å². The van der Waals surface area contributed by atoms with Crippen molar-refractivity contribution in [3.63, 3.8) is 0 Å². The molecule has 0 aliphatic carbocycles. The van der Waals surface area contributed by atoms with Crippen molar-refractivity contribution >= 4 is 17.7 Å². The zero-order valence-electron chi connectivity index (χ0n) is 8.36. The molecule has 0 saturated heterocycles. The fourth-order valence-corrected chi connectivity index (χ4v) is 1.61. The molecule has 1 atom stereocenters. The maximum atomic E-state index is 10.6. The predicted molar refractivity (Wildman–Crippen MR) is 58.7 cm³/mol. The molecule has 14 heavy (non-hydrogen) atoms. The van der Waals surface area contributed by atoms with E-state index in [4.69, 9.17) is 5.11 Å². The third-order valence-corrected chi connectivity index (χ3v) is 2.87. The summed E-state index contributed by atoms with van der Waals surface area (Å²) in [6.07, 6.45) is 2.62. The minimum atomic E-state index is -0.737. The Kier molecular flexibility index (Phi) is 4.01. The Morgan fingerprint density at radius 1 is 1.43 bits per heavy atom. The number of carboxylic acids is 1. The lowest BCUT2D eigenvalue weighted by Gasteiger charge is -2.06. The molecule has 1 N–H and O–H groups in total. The van der Waals surface area contributed by atoms with Crippen molar-refractivity contribution in [1.29, 1.82) is 0 Å². The molecule has 0 aliphatic heterocycles. The molecule has 0 heterocycles. The van der Waals surface area contributed by atoms with Crippen LogP contribution in [0.5, 0.6) is 0 Å². The Hall–Kier alpha value is -0.960. The third kappa shape index (κ3) is 3.07. The molecule has 0 spiro atoms. The number of rotatable bonds is 4. The fraction of sp³-hybridized carbons (Fsp3) is 0.364. The van der Waals surface area contributed by atoms with E-state index in [0.29, 0.717) is 6.42 Å². The number of hydrogen-bond acceptors (Lipinski definition) is 2. The molecule has 2 nitrogen and oxygen atoms in total. The molecule has 1 aromatic rings. The lowest BCUT2D eigenvalue weighted by Crippen LogP contribution is -2.12. The minimum Gasteiger partial charge on any atom is -0.481 e. The number of benzene rings is 1. The van der Waals surface area contributed by atoms with Gasteiger partial charge in [-0.2, -0.15) is 0 Å². The molecule has 0 aliphatic rings. The van der Waals surface area contributed by atoms with Crippen LogP contribution in [0.4, 0.5) is 0 Å². The lowest BCUT2D eigenvalue weighted by atomic mass is 10.0. The summed E-state index contributed by atoms with van der Waals surface area (Å²) < 4.78 is 0. The number of hydrogen-bond donors (Lipinski definition) is 1. The molecule has 0 saturated carbocycles. The Bertz CT molecular complexity index is 306. The smallest absolute Gasteiger partial charge is 0.306 e. The van der Waals surface area contributed by atoms with Gasteiger partial charge in [0.2, 0.25) is 0 Å². The summed E-state index contributed by atoms with van der Waals surface area (Å²) in [4.78, 5) is 11.8. The average Bonchev–Trinajstić information content (AvgIpc) is 2.19. The van der Waals surface area contributed by atoms with Crippen molar-refractivity contribution in [2.45, 2.75) is 18.2 Å². The summed E-state index contributed by atoms with van der Waals surface area (Å²) in [6, 6.07) is 8.03. The maximum absolute atomic E-state index is 10.6. The van der Waals surface area contributed by atoms with Gasteiger partial charge < -0.3 is 5.11 Å². The van der Waals surface area contributed by atoms with Gasteiger partial charge in [0, 0.05) is 4.90 Å². The van der Waals surface area contributed by atoms with Gasteiger partial charge in [-0.25, -0.2) is 0 Å². The molecule has 0 amide bonds. The van der Waals surface area contributed by atoms with Gasteiger partial charge in [-0.05, 0) is 30.4 Å². The monoisotopic (exact) mass is 210 g/mol. The van der Waals surface area contributed by atoms with Crippen LogP contribution < -0.4 is 0 Å². The standard InChI is InChI=1S/C11H14O2S/c1-8(11(12)13)7-9-3-5-10(14-2)6-4-9/h3-6,8H,7H2,1-2H3,(H,12,13). The number of carbonyl (C=O) groups is 1. The van der Waals surface area contributed by atoms with Crippen LogP contribution >= 0.6 is 11.8 Å². The van der Waals surface area contributed by atoms with Gasteiger partial charge in [-0.15, -0.1) is 11.8 Å². The van der Waals surface area contributed by atoms with E-state index in [-0.39, 0.29) is 5.92 Å². The molecule has 0 aromatic heterocycles. The van der Waals surface area contributed by atoms with Crippen LogP contribution in [-0.2, 0) is 11.2 Å². The first-order chi connectivity index (χ1) is 6.63. The summed E-state index contributed by atoms with van der Waals surface area (Å²) in [6.45, 7) is 1.73. The van der Waals surface area contributed by atoms with E-state index in [0.717, 1.165) is 5.56 Å². The SMILES string of the molecule is CSc1ccc(CC(C)C(=O)O)cc1. The first-order valence-electron chi connectivity index (χ1n) is 4.49. The summed E-state index contributed by atoms with van der Waals surface area (Å²) in [5.41, 5.74) is 1.08. The molecular formula is C11H14O2S.